The van der Waals surface area contributed by atoms with Gasteiger partial charge in [0.2, 0.25) is 5.95 Å². The van der Waals surface area contributed by atoms with Gasteiger partial charge in [-0.2, -0.15) is 0 Å². The molecule has 7 nitrogen and oxygen atoms in total. The van der Waals surface area contributed by atoms with Crippen LogP contribution in [0.3, 0.4) is 0 Å². The van der Waals surface area contributed by atoms with Crippen molar-refractivity contribution in [3.8, 4) is 0 Å². The van der Waals surface area contributed by atoms with Crippen molar-refractivity contribution in [2.75, 3.05) is 5.32 Å². The second kappa shape index (κ2) is 5.95. The molecule has 0 saturated carbocycles. The quantitative estimate of drug-likeness (QED) is 0.688. The van der Waals surface area contributed by atoms with Crippen molar-refractivity contribution in [2.45, 2.75) is 32.7 Å². The summed E-state index contributed by atoms with van der Waals surface area (Å²) in [6.45, 7) is 3.54. The first-order valence-corrected chi connectivity index (χ1v) is 5.42. The predicted molar refractivity (Wildman–Crippen MR) is 63.4 cm³/mol. The zero-order chi connectivity index (χ0) is 13.7. The van der Waals surface area contributed by atoms with Gasteiger partial charge in [-0.3, -0.25) is 4.79 Å². The fourth-order valence-electron chi connectivity index (χ4n) is 1.47. The molecule has 0 spiro atoms. The molecule has 0 aliphatic rings. The zero-order valence-corrected chi connectivity index (χ0v) is 10.2. The maximum atomic E-state index is 11.0. The molecule has 1 heterocycles. The second-order valence-electron chi connectivity index (χ2n) is 3.94. The van der Waals surface area contributed by atoms with E-state index in [1.165, 1.54) is 0 Å². The molecule has 0 saturated heterocycles. The van der Waals surface area contributed by atoms with Gasteiger partial charge < -0.3 is 15.5 Å². The van der Waals surface area contributed by atoms with Crippen LogP contribution in [0.2, 0.25) is 0 Å². The summed E-state index contributed by atoms with van der Waals surface area (Å²) < 4.78 is 0. The normalized spacial score (nSPS) is 11.9. The maximum absolute atomic E-state index is 11.0. The molecule has 0 aliphatic heterocycles. The smallest absolute Gasteiger partial charge is 0.326 e. The Kier molecular flexibility index (Phi) is 4.59. The highest BCUT2D eigenvalue weighted by molar-refractivity contribution is 5.77. The van der Waals surface area contributed by atoms with Crippen LogP contribution in [-0.2, 0) is 9.59 Å². The van der Waals surface area contributed by atoms with Crippen molar-refractivity contribution in [3.63, 3.8) is 0 Å². The van der Waals surface area contributed by atoms with E-state index in [9.17, 15) is 9.59 Å². The molecule has 0 aliphatic carbocycles. The number of anilines is 1. The number of aromatic nitrogens is 2. The summed E-state index contributed by atoms with van der Waals surface area (Å²) >= 11 is 0. The monoisotopic (exact) mass is 253 g/mol. The minimum absolute atomic E-state index is 0.0268. The van der Waals surface area contributed by atoms with E-state index < -0.39 is 18.0 Å². The first-order valence-electron chi connectivity index (χ1n) is 5.42. The summed E-state index contributed by atoms with van der Waals surface area (Å²) in [6, 6.07) is 0.750. The molecular weight excluding hydrogens is 238 g/mol. The third-order valence-corrected chi connectivity index (χ3v) is 2.23. The SMILES string of the molecule is Cc1cc(C)nc(N[C@@H](CCC(=O)O)C(=O)O)n1. The van der Waals surface area contributed by atoms with Gasteiger partial charge in [0.25, 0.3) is 0 Å². The molecule has 0 amide bonds. The predicted octanol–water partition coefficient (Wildman–Crippen LogP) is 0.823. The summed E-state index contributed by atoms with van der Waals surface area (Å²) in [4.78, 5) is 29.5. The fourth-order valence-corrected chi connectivity index (χ4v) is 1.47. The number of carboxylic acid groups (broad SMARTS) is 2. The van der Waals surface area contributed by atoms with Crippen LogP contribution in [0, 0.1) is 13.8 Å². The van der Waals surface area contributed by atoms with Crippen LogP contribution in [0.15, 0.2) is 6.07 Å². The van der Waals surface area contributed by atoms with Crippen molar-refractivity contribution in [2.24, 2.45) is 0 Å². The van der Waals surface area contributed by atoms with E-state index in [4.69, 9.17) is 10.2 Å². The first-order chi connectivity index (χ1) is 8.38. The summed E-state index contributed by atoms with van der Waals surface area (Å²) in [6.07, 6.45) is -0.254. The van der Waals surface area contributed by atoms with Gasteiger partial charge in [-0.1, -0.05) is 0 Å². The van der Waals surface area contributed by atoms with E-state index >= 15 is 0 Å². The van der Waals surface area contributed by atoms with Gasteiger partial charge in [-0.15, -0.1) is 0 Å². The number of carbonyl (C=O) groups is 2. The van der Waals surface area contributed by atoms with E-state index in [0.29, 0.717) is 11.4 Å². The second-order valence-corrected chi connectivity index (χ2v) is 3.94. The lowest BCUT2D eigenvalue weighted by Gasteiger charge is -2.13. The Labute approximate surface area is 104 Å². The van der Waals surface area contributed by atoms with E-state index in [1.54, 1.807) is 19.9 Å². The lowest BCUT2D eigenvalue weighted by molar-refractivity contribution is -0.139. The molecular formula is C11H15N3O4. The standard InChI is InChI=1S/C11H15N3O4/c1-6-5-7(2)13-11(12-6)14-8(10(17)18)3-4-9(15)16/h5,8H,3-4H2,1-2H3,(H,15,16)(H,17,18)(H,12,13,14)/t8-/m0/s1. The molecule has 1 atom stereocenters. The van der Waals surface area contributed by atoms with E-state index in [0.717, 1.165) is 0 Å². The summed E-state index contributed by atoms with van der Waals surface area (Å²) in [5.74, 6) is -1.96. The topological polar surface area (TPSA) is 112 Å². The molecule has 3 N–H and O–H groups in total. The number of rotatable bonds is 6. The van der Waals surface area contributed by atoms with Crippen LogP contribution in [0.4, 0.5) is 5.95 Å². The number of hydrogen-bond acceptors (Lipinski definition) is 5. The Hall–Kier alpha value is -2.18. The first kappa shape index (κ1) is 13.9. The van der Waals surface area contributed by atoms with Crippen LogP contribution >= 0.6 is 0 Å². The van der Waals surface area contributed by atoms with Crippen molar-refractivity contribution in [3.05, 3.63) is 17.5 Å². The Morgan fingerprint density at radius 3 is 2.28 bits per heavy atom. The number of aliphatic carboxylic acids is 2. The van der Waals surface area contributed by atoms with Crippen molar-refractivity contribution in [1.29, 1.82) is 0 Å². The summed E-state index contributed by atoms with van der Waals surface area (Å²) in [5.41, 5.74) is 1.43. The average Bonchev–Trinajstić information content (AvgIpc) is 2.22. The summed E-state index contributed by atoms with van der Waals surface area (Å²) in [7, 11) is 0. The van der Waals surface area contributed by atoms with Gasteiger partial charge in [0.05, 0.1) is 0 Å². The molecule has 1 aromatic rings. The number of nitrogens with one attached hydrogen (secondary N) is 1. The lowest BCUT2D eigenvalue weighted by Crippen LogP contribution is -2.31. The highest BCUT2D eigenvalue weighted by atomic mass is 16.4. The molecule has 7 heteroatoms. The molecule has 0 unspecified atom stereocenters. The molecule has 98 valence electrons. The fraction of sp³-hybridized carbons (Fsp3) is 0.455. The molecule has 0 fully saturated rings. The number of carboxylic acids is 2. The Morgan fingerprint density at radius 2 is 1.83 bits per heavy atom. The zero-order valence-electron chi connectivity index (χ0n) is 10.2. The third kappa shape index (κ3) is 4.36. The summed E-state index contributed by atoms with van der Waals surface area (Å²) in [5, 5.41) is 20.2. The number of nitrogens with zero attached hydrogens (tertiary/aromatic N) is 2. The number of aryl methyl sites for hydroxylation is 2. The Morgan fingerprint density at radius 1 is 1.28 bits per heavy atom. The van der Waals surface area contributed by atoms with Gasteiger partial charge in [0.15, 0.2) is 0 Å². The van der Waals surface area contributed by atoms with Gasteiger partial charge >= 0.3 is 11.9 Å². The number of hydrogen-bond donors (Lipinski definition) is 3. The Bertz CT molecular complexity index is 441. The molecule has 1 aromatic heterocycles. The van der Waals surface area contributed by atoms with Crippen LogP contribution in [0.25, 0.3) is 0 Å². The lowest BCUT2D eigenvalue weighted by atomic mass is 10.1. The van der Waals surface area contributed by atoms with Crippen molar-refractivity contribution < 1.29 is 19.8 Å². The van der Waals surface area contributed by atoms with Gasteiger partial charge in [-0.05, 0) is 26.3 Å². The van der Waals surface area contributed by atoms with E-state index in [2.05, 4.69) is 15.3 Å². The molecule has 18 heavy (non-hydrogen) atoms. The van der Waals surface area contributed by atoms with Crippen LogP contribution < -0.4 is 5.32 Å². The van der Waals surface area contributed by atoms with Gasteiger partial charge in [-0.25, -0.2) is 14.8 Å². The molecule has 0 radical (unpaired) electrons. The highest BCUT2D eigenvalue weighted by Crippen LogP contribution is 2.08. The van der Waals surface area contributed by atoms with E-state index in [1.807, 2.05) is 0 Å². The van der Waals surface area contributed by atoms with E-state index in [-0.39, 0.29) is 18.8 Å². The van der Waals surface area contributed by atoms with Gasteiger partial charge in [0.1, 0.15) is 6.04 Å². The van der Waals surface area contributed by atoms with Crippen LogP contribution in [0.5, 0.6) is 0 Å². The maximum Gasteiger partial charge on any atom is 0.326 e. The van der Waals surface area contributed by atoms with Crippen LogP contribution in [-0.4, -0.2) is 38.2 Å². The molecule has 0 aromatic carbocycles. The van der Waals surface area contributed by atoms with Gasteiger partial charge in [0, 0.05) is 17.8 Å². The van der Waals surface area contributed by atoms with Crippen LogP contribution in [0.1, 0.15) is 24.2 Å². The third-order valence-electron chi connectivity index (χ3n) is 2.23. The molecule has 0 bridgehead atoms. The minimum atomic E-state index is -1.13. The van der Waals surface area contributed by atoms with Crippen molar-refractivity contribution >= 4 is 17.9 Å². The Balaban J connectivity index is 2.76. The molecule has 1 rings (SSSR count). The van der Waals surface area contributed by atoms with Crippen molar-refractivity contribution in [1.82, 2.24) is 9.97 Å². The average molecular weight is 253 g/mol. The largest absolute Gasteiger partial charge is 0.481 e. The minimum Gasteiger partial charge on any atom is -0.481 e. The highest BCUT2D eigenvalue weighted by Gasteiger charge is 2.19.